The summed E-state index contributed by atoms with van der Waals surface area (Å²) < 4.78 is 92.0. The van der Waals surface area contributed by atoms with Crippen LogP contribution in [-0.4, -0.2) is 8.42 Å². The molecule has 2 rings (SSSR count). The van der Waals surface area contributed by atoms with E-state index in [1.54, 1.807) is 4.72 Å². The second-order valence-electron chi connectivity index (χ2n) is 4.54. The second-order valence-corrected chi connectivity index (χ2v) is 6.60. The van der Waals surface area contributed by atoms with Gasteiger partial charge in [-0.15, -0.1) is 0 Å². The zero-order chi connectivity index (χ0) is 18.3. The van der Waals surface area contributed by atoms with E-state index in [2.05, 4.69) is 0 Å². The van der Waals surface area contributed by atoms with Crippen LogP contribution in [0.5, 0.6) is 0 Å². The molecule has 130 valence electrons. The van der Waals surface area contributed by atoms with Gasteiger partial charge in [-0.1, -0.05) is 17.7 Å². The molecule has 0 saturated carbocycles. The first-order valence-electron chi connectivity index (χ1n) is 6.07. The fraction of sp³-hybridized carbons (Fsp3) is 0.0769. The van der Waals surface area contributed by atoms with E-state index in [1.807, 2.05) is 0 Å². The number of nitrogen functional groups attached to an aromatic ring is 1. The van der Waals surface area contributed by atoms with Crippen molar-refractivity contribution in [3.05, 3.63) is 52.6 Å². The largest absolute Gasteiger partial charge is 0.419 e. The Hall–Kier alpha value is -2.07. The van der Waals surface area contributed by atoms with Crippen molar-refractivity contribution in [2.45, 2.75) is 11.1 Å². The smallest absolute Gasteiger partial charge is 0.394 e. The fourth-order valence-electron chi connectivity index (χ4n) is 1.85. The summed E-state index contributed by atoms with van der Waals surface area (Å²) in [7, 11) is -4.87. The van der Waals surface area contributed by atoms with Gasteiger partial charge < -0.3 is 5.73 Å². The maximum Gasteiger partial charge on any atom is 0.419 e. The molecule has 0 saturated heterocycles. The Morgan fingerprint density at radius 3 is 2.29 bits per heavy atom. The van der Waals surface area contributed by atoms with Gasteiger partial charge in [-0.25, -0.2) is 17.2 Å². The average molecular weight is 387 g/mol. The van der Waals surface area contributed by atoms with E-state index in [0.717, 1.165) is 12.1 Å². The number of anilines is 2. The SMILES string of the molecule is Nc1c(F)ccc(NS(=O)(=O)c2cccc(Cl)c2C(F)(F)F)c1F. The number of sulfonamides is 1. The summed E-state index contributed by atoms with van der Waals surface area (Å²) in [6, 6.07) is 3.86. The molecule has 0 aliphatic heterocycles. The number of hydrogen-bond acceptors (Lipinski definition) is 3. The van der Waals surface area contributed by atoms with Crippen molar-refractivity contribution in [1.82, 2.24) is 0 Å². The van der Waals surface area contributed by atoms with Crippen molar-refractivity contribution in [3.63, 3.8) is 0 Å². The molecular formula is C13H8ClF5N2O2S. The highest BCUT2D eigenvalue weighted by molar-refractivity contribution is 7.92. The number of benzene rings is 2. The minimum Gasteiger partial charge on any atom is -0.394 e. The van der Waals surface area contributed by atoms with Gasteiger partial charge >= 0.3 is 6.18 Å². The van der Waals surface area contributed by atoms with Gasteiger partial charge in [0.25, 0.3) is 10.0 Å². The van der Waals surface area contributed by atoms with Gasteiger partial charge in [0.1, 0.15) is 16.4 Å². The van der Waals surface area contributed by atoms with Crippen LogP contribution in [0.25, 0.3) is 0 Å². The van der Waals surface area contributed by atoms with Crippen LogP contribution in [-0.2, 0) is 16.2 Å². The number of nitrogens with one attached hydrogen (secondary N) is 1. The predicted molar refractivity (Wildman–Crippen MR) is 78.0 cm³/mol. The predicted octanol–water partition coefficient (Wildman–Crippen LogP) is 4.02. The number of rotatable bonds is 3. The van der Waals surface area contributed by atoms with E-state index in [0.29, 0.717) is 18.2 Å². The summed E-state index contributed by atoms with van der Waals surface area (Å²) in [5.41, 5.74) is 1.70. The third kappa shape index (κ3) is 3.39. The van der Waals surface area contributed by atoms with Crippen LogP contribution in [0.15, 0.2) is 35.2 Å². The van der Waals surface area contributed by atoms with Crippen molar-refractivity contribution in [1.29, 1.82) is 0 Å². The summed E-state index contributed by atoms with van der Waals surface area (Å²) in [5.74, 6) is -2.59. The van der Waals surface area contributed by atoms with E-state index in [-0.39, 0.29) is 0 Å². The first-order chi connectivity index (χ1) is 10.9. The lowest BCUT2D eigenvalue weighted by Crippen LogP contribution is -2.20. The van der Waals surface area contributed by atoms with Crippen molar-refractivity contribution in [2.24, 2.45) is 0 Å². The van der Waals surface area contributed by atoms with Gasteiger partial charge in [-0.2, -0.15) is 13.2 Å². The number of halogens is 6. The molecule has 0 heterocycles. The zero-order valence-corrected chi connectivity index (χ0v) is 13.0. The molecule has 0 bridgehead atoms. The van der Waals surface area contributed by atoms with Gasteiger partial charge in [-0.05, 0) is 24.3 Å². The molecule has 0 spiro atoms. The molecular weight excluding hydrogens is 379 g/mol. The fourth-order valence-corrected chi connectivity index (χ4v) is 3.50. The summed E-state index contributed by atoms with van der Waals surface area (Å²) in [4.78, 5) is -1.20. The van der Waals surface area contributed by atoms with Crippen molar-refractivity contribution >= 4 is 33.0 Å². The van der Waals surface area contributed by atoms with Crippen LogP contribution in [0.3, 0.4) is 0 Å². The van der Waals surface area contributed by atoms with Crippen LogP contribution >= 0.6 is 11.6 Å². The highest BCUT2D eigenvalue weighted by Gasteiger charge is 2.39. The molecule has 11 heteroatoms. The van der Waals surface area contributed by atoms with Gasteiger partial charge in [0.2, 0.25) is 0 Å². The van der Waals surface area contributed by atoms with Crippen LogP contribution in [0.2, 0.25) is 5.02 Å². The van der Waals surface area contributed by atoms with Crippen LogP contribution in [0.4, 0.5) is 33.3 Å². The molecule has 0 aliphatic rings. The zero-order valence-electron chi connectivity index (χ0n) is 11.5. The van der Waals surface area contributed by atoms with E-state index in [4.69, 9.17) is 17.3 Å². The monoisotopic (exact) mass is 386 g/mol. The van der Waals surface area contributed by atoms with E-state index >= 15 is 0 Å². The maximum atomic E-state index is 13.8. The van der Waals surface area contributed by atoms with Crippen molar-refractivity contribution in [3.8, 4) is 0 Å². The Kier molecular flexibility index (Phi) is 4.64. The average Bonchev–Trinajstić information content (AvgIpc) is 2.46. The Morgan fingerprint density at radius 2 is 1.71 bits per heavy atom. The highest BCUT2D eigenvalue weighted by Crippen LogP contribution is 2.39. The Balaban J connectivity index is 2.58. The first-order valence-corrected chi connectivity index (χ1v) is 7.93. The Bertz CT molecular complexity index is 900. The maximum absolute atomic E-state index is 13.8. The quantitative estimate of drug-likeness (QED) is 0.618. The van der Waals surface area contributed by atoms with Gasteiger partial charge in [0.05, 0.1) is 16.3 Å². The summed E-state index contributed by atoms with van der Waals surface area (Å²) >= 11 is 5.44. The van der Waals surface area contributed by atoms with E-state index < -0.39 is 54.7 Å². The number of alkyl halides is 3. The lowest BCUT2D eigenvalue weighted by Gasteiger charge is -2.16. The standard InChI is InChI=1S/C13H8ClF5N2O2S/c14-6-2-1-3-9(10(6)13(17,18)19)24(22,23)21-8-5-4-7(15)12(20)11(8)16/h1-5,21H,20H2. The molecule has 0 amide bonds. The molecule has 0 unspecified atom stereocenters. The summed E-state index contributed by atoms with van der Waals surface area (Å²) in [5, 5.41) is -0.843. The second kappa shape index (κ2) is 6.10. The molecule has 0 aromatic heterocycles. The third-order valence-electron chi connectivity index (χ3n) is 2.92. The van der Waals surface area contributed by atoms with Gasteiger partial charge in [0.15, 0.2) is 5.82 Å². The van der Waals surface area contributed by atoms with Crippen molar-refractivity contribution < 1.29 is 30.4 Å². The molecule has 2 aromatic rings. The lowest BCUT2D eigenvalue weighted by atomic mass is 10.2. The minimum atomic E-state index is -5.07. The van der Waals surface area contributed by atoms with Gasteiger partial charge in [-0.3, -0.25) is 4.72 Å². The van der Waals surface area contributed by atoms with Crippen LogP contribution < -0.4 is 10.5 Å². The third-order valence-corrected chi connectivity index (χ3v) is 4.64. The van der Waals surface area contributed by atoms with E-state index in [1.165, 1.54) is 0 Å². The number of hydrogen-bond donors (Lipinski definition) is 2. The van der Waals surface area contributed by atoms with E-state index in [9.17, 15) is 30.4 Å². The Morgan fingerprint density at radius 1 is 1.08 bits per heavy atom. The topological polar surface area (TPSA) is 72.2 Å². The number of nitrogens with two attached hydrogens (primary N) is 1. The molecule has 0 fully saturated rings. The molecule has 2 aromatic carbocycles. The molecule has 3 N–H and O–H groups in total. The van der Waals surface area contributed by atoms with Gasteiger partial charge in [0, 0.05) is 0 Å². The van der Waals surface area contributed by atoms with Crippen LogP contribution in [0, 0.1) is 11.6 Å². The molecule has 0 radical (unpaired) electrons. The lowest BCUT2D eigenvalue weighted by molar-refractivity contribution is -0.139. The van der Waals surface area contributed by atoms with Crippen LogP contribution in [0.1, 0.15) is 5.56 Å². The normalized spacial score (nSPS) is 12.2. The molecule has 0 atom stereocenters. The molecule has 0 aliphatic carbocycles. The Labute approximate surface area is 138 Å². The molecule has 4 nitrogen and oxygen atoms in total. The first kappa shape index (κ1) is 18.3. The van der Waals surface area contributed by atoms with Crippen molar-refractivity contribution in [2.75, 3.05) is 10.5 Å². The summed E-state index contributed by atoms with van der Waals surface area (Å²) in [6.07, 6.45) is -5.07. The summed E-state index contributed by atoms with van der Waals surface area (Å²) in [6.45, 7) is 0. The highest BCUT2D eigenvalue weighted by atomic mass is 35.5. The molecule has 24 heavy (non-hydrogen) atoms. The minimum absolute atomic E-state index is 0.655.